The molecule has 2 rings (SSSR count). The van der Waals surface area contributed by atoms with E-state index in [4.69, 9.17) is 0 Å². The lowest BCUT2D eigenvalue weighted by atomic mass is 10.3. The van der Waals surface area contributed by atoms with E-state index in [0.717, 1.165) is 32.7 Å². The SMILES string of the molecule is CSCC(=O)N1CCN(Cc2cccs2)CC1. The van der Waals surface area contributed by atoms with Crippen LogP contribution in [0.3, 0.4) is 0 Å². The Kier molecular flexibility index (Phi) is 4.88. The molecule has 0 bridgehead atoms. The zero-order valence-corrected chi connectivity index (χ0v) is 11.7. The molecule has 94 valence electrons. The maximum absolute atomic E-state index is 11.7. The fourth-order valence-corrected chi connectivity index (χ4v) is 3.17. The largest absolute Gasteiger partial charge is 0.339 e. The zero-order valence-electron chi connectivity index (χ0n) is 10.1. The summed E-state index contributed by atoms with van der Waals surface area (Å²) in [5.74, 6) is 0.901. The highest BCUT2D eigenvalue weighted by Crippen LogP contribution is 2.13. The Morgan fingerprint density at radius 2 is 2.18 bits per heavy atom. The molecule has 0 atom stereocenters. The van der Waals surface area contributed by atoms with E-state index in [1.165, 1.54) is 4.88 Å². The monoisotopic (exact) mass is 270 g/mol. The van der Waals surface area contributed by atoms with Gasteiger partial charge in [0.2, 0.25) is 5.91 Å². The van der Waals surface area contributed by atoms with Gasteiger partial charge in [0.1, 0.15) is 0 Å². The van der Waals surface area contributed by atoms with Gasteiger partial charge in [-0.3, -0.25) is 9.69 Å². The van der Waals surface area contributed by atoms with E-state index in [-0.39, 0.29) is 5.91 Å². The topological polar surface area (TPSA) is 23.6 Å². The summed E-state index contributed by atoms with van der Waals surface area (Å²) in [6, 6.07) is 4.27. The lowest BCUT2D eigenvalue weighted by Gasteiger charge is -2.34. The third kappa shape index (κ3) is 3.72. The number of nitrogens with zero attached hydrogens (tertiary/aromatic N) is 2. The van der Waals surface area contributed by atoms with Crippen molar-refractivity contribution in [2.24, 2.45) is 0 Å². The van der Waals surface area contributed by atoms with E-state index in [1.807, 2.05) is 11.2 Å². The molecule has 1 aromatic rings. The molecule has 0 spiro atoms. The Hall–Kier alpha value is -0.520. The Morgan fingerprint density at radius 1 is 1.41 bits per heavy atom. The van der Waals surface area contributed by atoms with Gasteiger partial charge in [-0.2, -0.15) is 11.8 Å². The van der Waals surface area contributed by atoms with Crippen LogP contribution in [-0.4, -0.2) is 53.9 Å². The predicted octanol–water partition coefficient (Wildman–Crippen LogP) is 1.76. The van der Waals surface area contributed by atoms with Crippen molar-refractivity contribution in [3.05, 3.63) is 22.4 Å². The highest BCUT2D eigenvalue weighted by Gasteiger charge is 2.20. The summed E-state index contributed by atoms with van der Waals surface area (Å²) in [4.78, 5) is 17.5. The maximum atomic E-state index is 11.7. The molecule has 1 aliphatic rings. The molecule has 0 aromatic carbocycles. The van der Waals surface area contributed by atoms with Crippen LogP contribution in [-0.2, 0) is 11.3 Å². The normalized spacial score (nSPS) is 17.4. The van der Waals surface area contributed by atoms with E-state index in [2.05, 4.69) is 22.4 Å². The summed E-state index contributed by atoms with van der Waals surface area (Å²) in [5, 5.41) is 2.12. The first kappa shape index (κ1) is 12.9. The van der Waals surface area contributed by atoms with E-state index in [0.29, 0.717) is 5.75 Å². The molecule has 1 fully saturated rings. The van der Waals surface area contributed by atoms with Crippen molar-refractivity contribution in [3.63, 3.8) is 0 Å². The van der Waals surface area contributed by atoms with Gasteiger partial charge in [0.15, 0.2) is 0 Å². The van der Waals surface area contributed by atoms with Crippen LogP contribution in [0.4, 0.5) is 0 Å². The van der Waals surface area contributed by atoms with Gasteiger partial charge in [-0.15, -0.1) is 11.3 Å². The maximum Gasteiger partial charge on any atom is 0.232 e. The third-order valence-electron chi connectivity index (χ3n) is 2.95. The molecule has 0 radical (unpaired) electrons. The van der Waals surface area contributed by atoms with Gasteiger partial charge in [-0.1, -0.05) is 6.07 Å². The van der Waals surface area contributed by atoms with Crippen LogP contribution in [0.15, 0.2) is 17.5 Å². The van der Waals surface area contributed by atoms with Gasteiger partial charge in [-0.25, -0.2) is 0 Å². The Balaban J connectivity index is 1.76. The summed E-state index contributed by atoms with van der Waals surface area (Å²) < 4.78 is 0. The molecule has 0 unspecified atom stereocenters. The van der Waals surface area contributed by atoms with Crippen molar-refractivity contribution in [1.82, 2.24) is 9.80 Å². The van der Waals surface area contributed by atoms with Gasteiger partial charge in [0, 0.05) is 37.6 Å². The Bertz CT molecular complexity index is 345. The number of thiophene rings is 1. The first-order valence-corrected chi connectivity index (χ1v) is 8.08. The van der Waals surface area contributed by atoms with E-state index < -0.39 is 0 Å². The second kappa shape index (κ2) is 6.42. The summed E-state index contributed by atoms with van der Waals surface area (Å²) in [6.45, 7) is 4.79. The molecule has 1 saturated heterocycles. The molecule has 1 aliphatic heterocycles. The fourth-order valence-electron chi connectivity index (χ4n) is 1.99. The average Bonchev–Trinajstić information content (AvgIpc) is 2.83. The van der Waals surface area contributed by atoms with Crippen molar-refractivity contribution < 1.29 is 4.79 Å². The van der Waals surface area contributed by atoms with E-state index in [9.17, 15) is 4.79 Å². The second-order valence-electron chi connectivity index (χ2n) is 4.17. The van der Waals surface area contributed by atoms with Gasteiger partial charge < -0.3 is 4.90 Å². The number of carbonyl (C=O) groups excluding carboxylic acids is 1. The number of hydrogen-bond donors (Lipinski definition) is 0. The van der Waals surface area contributed by atoms with E-state index in [1.54, 1.807) is 23.1 Å². The number of piperazine rings is 1. The molecule has 1 aromatic heterocycles. The minimum Gasteiger partial charge on any atom is -0.339 e. The summed E-state index contributed by atoms with van der Waals surface area (Å²) in [5.41, 5.74) is 0. The molecule has 0 saturated carbocycles. The van der Waals surface area contributed by atoms with Crippen molar-refractivity contribution in [2.45, 2.75) is 6.54 Å². The Morgan fingerprint density at radius 3 is 2.76 bits per heavy atom. The predicted molar refractivity (Wildman–Crippen MR) is 74.6 cm³/mol. The standard InChI is InChI=1S/C12H18N2OS2/c1-16-10-12(15)14-6-4-13(5-7-14)9-11-3-2-8-17-11/h2-3,8H,4-7,9-10H2,1H3. The van der Waals surface area contributed by atoms with Crippen LogP contribution in [0.25, 0.3) is 0 Å². The minimum atomic E-state index is 0.285. The van der Waals surface area contributed by atoms with Crippen LogP contribution in [0.5, 0.6) is 0 Å². The van der Waals surface area contributed by atoms with Gasteiger partial charge in [0.25, 0.3) is 0 Å². The quantitative estimate of drug-likeness (QED) is 0.833. The molecule has 17 heavy (non-hydrogen) atoms. The van der Waals surface area contributed by atoms with Crippen molar-refractivity contribution >= 4 is 29.0 Å². The second-order valence-corrected chi connectivity index (χ2v) is 6.07. The number of hydrogen-bond acceptors (Lipinski definition) is 4. The van der Waals surface area contributed by atoms with Gasteiger partial charge in [-0.05, 0) is 17.7 Å². The van der Waals surface area contributed by atoms with Crippen LogP contribution in [0.2, 0.25) is 0 Å². The number of carbonyl (C=O) groups is 1. The number of thioether (sulfide) groups is 1. The molecule has 3 nitrogen and oxygen atoms in total. The smallest absolute Gasteiger partial charge is 0.232 e. The van der Waals surface area contributed by atoms with Crippen LogP contribution in [0, 0.1) is 0 Å². The lowest BCUT2D eigenvalue weighted by Crippen LogP contribution is -2.48. The average molecular weight is 270 g/mol. The highest BCUT2D eigenvalue weighted by molar-refractivity contribution is 7.99. The highest BCUT2D eigenvalue weighted by atomic mass is 32.2. The molecule has 0 N–H and O–H groups in total. The molecular formula is C12H18N2OS2. The van der Waals surface area contributed by atoms with Crippen molar-refractivity contribution in [3.8, 4) is 0 Å². The summed E-state index contributed by atoms with van der Waals surface area (Å²) in [6.07, 6.45) is 1.98. The molecule has 2 heterocycles. The van der Waals surface area contributed by atoms with Crippen molar-refractivity contribution in [2.75, 3.05) is 38.2 Å². The Labute approximate surface area is 111 Å². The summed E-state index contributed by atoms with van der Waals surface area (Å²) >= 11 is 3.41. The molecule has 5 heteroatoms. The first-order valence-electron chi connectivity index (χ1n) is 5.81. The first-order chi connectivity index (χ1) is 8.29. The molecule has 1 amide bonds. The lowest BCUT2D eigenvalue weighted by molar-refractivity contribution is -0.130. The van der Waals surface area contributed by atoms with Crippen LogP contribution < -0.4 is 0 Å². The molecular weight excluding hydrogens is 252 g/mol. The number of amides is 1. The number of rotatable bonds is 4. The third-order valence-corrected chi connectivity index (χ3v) is 4.35. The van der Waals surface area contributed by atoms with Gasteiger partial charge in [0.05, 0.1) is 5.75 Å². The summed E-state index contributed by atoms with van der Waals surface area (Å²) in [7, 11) is 0. The minimum absolute atomic E-state index is 0.285. The van der Waals surface area contributed by atoms with E-state index >= 15 is 0 Å². The van der Waals surface area contributed by atoms with Crippen LogP contribution in [0.1, 0.15) is 4.88 Å². The van der Waals surface area contributed by atoms with Gasteiger partial charge >= 0.3 is 0 Å². The van der Waals surface area contributed by atoms with Crippen LogP contribution >= 0.6 is 23.1 Å². The fraction of sp³-hybridized carbons (Fsp3) is 0.583. The van der Waals surface area contributed by atoms with Crippen molar-refractivity contribution in [1.29, 1.82) is 0 Å². The molecule has 0 aliphatic carbocycles. The zero-order chi connectivity index (χ0) is 12.1.